The van der Waals surface area contributed by atoms with Crippen LogP contribution in [0, 0.1) is 0 Å². The largest absolute Gasteiger partial charge is 0.325 e. The van der Waals surface area contributed by atoms with Crippen molar-refractivity contribution in [2.75, 3.05) is 19.4 Å². The molecule has 6 nitrogen and oxygen atoms in total. The van der Waals surface area contributed by atoms with Gasteiger partial charge in [0, 0.05) is 19.8 Å². The van der Waals surface area contributed by atoms with Crippen molar-refractivity contribution in [3.8, 4) is 0 Å². The van der Waals surface area contributed by atoms with Crippen molar-refractivity contribution < 1.29 is 13.2 Å². The molecule has 1 aromatic rings. The highest BCUT2D eigenvalue weighted by Gasteiger charge is 2.18. The quantitative estimate of drug-likeness (QED) is 0.829. The predicted molar refractivity (Wildman–Crippen MR) is 74.2 cm³/mol. The number of nitrogens with zero attached hydrogens (tertiary/aromatic N) is 1. The lowest BCUT2D eigenvalue weighted by atomic mass is 10.2. The van der Waals surface area contributed by atoms with Gasteiger partial charge in [-0.3, -0.25) is 4.79 Å². The summed E-state index contributed by atoms with van der Waals surface area (Å²) in [6.07, 6.45) is 0.515. The molecule has 0 radical (unpaired) electrons. The van der Waals surface area contributed by atoms with Gasteiger partial charge in [0.1, 0.15) is 0 Å². The molecule has 1 atom stereocenters. The van der Waals surface area contributed by atoms with Crippen molar-refractivity contribution in [1.29, 1.82) is 0 Å². The van der Waals surface area contributed by atoms with Crippen molar-refractivity contribution in [3.05, 3.63) is 24.3 Å². The van der Waals surface area contributed by atoms with Crippen LogP contribution in [0.1, 0.15) is 13.3 Å². The maximum atomic E-state index is 11.9. The Hall–Kier alpha value is -1.44. The van der Waals surface area contributed by atoms with Crippen LogP contribution in [0.15, 0.2) is 29.2 Å². The number of hydrogen-bond donors (Lipinski definition) is 2. The minimum Gasteiger partial charge on any atom is -0.325 e. The molecule has 0 saturated heterocycles. The van der Waals surface area contributed by atoms with Gasteiger partial charge in [-0.2, -0.15) is 0 Å². The Labute approximate surface area is 113 Å². The second-order valence-corrected chi connectivity index (χ2v) is 6.47. The Morgan fingerprint density at radius 1 is 1.42 bits per heavy atom. The monoisotopic (exact) mass is 285 g/mol. The maximum Gasteiger partial charge on any atom is 0.242 e. The molecule has 0 fully saturated rings. The van der Waals surface area contributed by atoms with Crippen molar-refractivity contribution in [3.63, 3.8) is 0 Å². The van der Waals surface area contributed by atoms with Crippen LogP contribution in [0.2, 0.25) is 0 Å². The molecule has 0 saturated carbocycles. The van der Waals surface area contributed by atoms with Gasteiger partial charge in [-0.15, -0.1) is 0 Å². The summed E-state index contributed by atoms with van der Waals surface area (Å²) < 4.78 is 25.0. The first-order chi connectivity index (χ1) is 8.78. The normalized spacial score (nSPS) is 13.3. The number of benzene rings is 1. The van der Waals surface area contributed by atoms with Crippen LogP contribution in [-0.2, 0) is 14.8 Å². The summed E-state index contributed by atoms with van der Waals surface area (Å²) in [6, 6.07) is 5.48. The second-order valence-electron chi connectivity index (χ2n) is 4.32. The molecule has 0 aliphatic carbocycles. The van der Waals surface area contributed by atoms with Crippen LogP contribution in [0.25, 0.3) is 0 Å². The standard InChI is InChI=1S/C12H19N3O3S/c1-4-11(13)12(16)14-9-6-5-7-10(8-9)19(17,18)15(2)3/h5-8,11H,4,13H2,1-3H3,(H,14,16)/t11-/m1/s1. The molecule has 1 aromatic carbocycles. The Bertz CT molecular complexity index is 555. The van der Waals surface area contributed by atoms with E-state index in [1.807, 2.05) is 0 Å². The zero-order valence-electron chi connectivity index (χ0n) is 11.3. The molecule has 0 aliphatic heterocycles. The SMILES string of the molecule is CC[C@@H](N)C(=O)Nc1cccc(S(=O)(=O)N(C)C)c1. The molecule has 0 bridgehead atoms. The van der Waals surface area contributed by atoms with Gasteiger partial charge in [0.2, 0.25) is 15.9 Å². The first-order valence-electron chi connectivity index (χ1n) is 5.88. The van der Waals surface area contributed by atoms with E-state index in [4.69, 9.17) is 5.73 Å². The van der Waals surface area contributed by atoms with Crippen molar-refractivity contribution in [2.45, 2.75) is 24.3 Å². The molecule has 1 rings (SSSR count). The minimum atomic E-state index is -3.51. The minimum absolute atomic E-state index is 0.125. The average Bonchev–Trinajstić information content (AvgIpc) is 2.37. The van der Waals surface area contributed by atoms with Crippen LogP contribution in [-0.4, -0.2) is 38.8 Å². The zero-order chi connectivity index (χ0) is 14.6. The van der Waals surface area contributed by atoms with Crippen molar-refractivity contribution in [1.82, 2.24) is 4.31 Å². The van der Waals surface area contributed by atoms with Crippen molar-refractivity contribution >= 4 is 21.6 Å². The van der Waals surface area contributed by atoms with E-state index in [9.17, 15) is 13.2 Å². The summed E-state index contributed by atoms with van der Waals surface area (Å²) in [5.74, 6) is -0.332. The van der Waals surface area contributed by atoms with Gasteiger partial charge in [0.05, 0.1) is 10.9 Å². The Kier molecular flexibility index (Phi) is 5.04. The zero-order valence-corrected chi connectivity index (χ0v) is 12.1. The molecule has 0 spiro atoms. The Morgan fingerprint density at radius 3 is 2.58 bits per heavy atom. The summed E-state index contributed by atoms with van der Waals surface area (Å²) >= 11 is 0. The summed E-state index contributed by atoms with van der Waals surface area (Å²) in [7, 11) is -0.606. The molecule has 0 heterocycles. The van der Waals surface area contributed by atoms with Gasteiger partial charge in [-0.25, -0.2) is 12.7 Å². The molecule has 106 valence electrons. The highest BCUT2D eigenvalue weighted by atomic mass is 32.2. The number of carbonyl (C=O) groups excluding carboxylic acids is 1. The summed E-state index contributed by atoms with van der Waals surface area (Å²) in [5.41, 5.74) is 6.01. The fourth-order valence-electron chi connectivity index (χ4n) is 1.37. The highest BCUT2D eigenvalue weighted by molar-refractivity contribution is 7.89. The van der Waals surface area contributed by atoms with Crippen LogP contribution < -0.4 is 11.1 Å². The third-order valence-electron chi connectivity index (χ3n) is 2.66. The Balaban J connectivity index is 2.99. The van der Waals surface area contributed by atoms with Gasteiger partial charge in [-0.05, 0) is 24.6 Å². The second kappa shape index (κ2) is 6.14. The molecule has 0 aliphatic rings. The van der Waals surface area contributed by atoms with E-state index in [-0.39, 0.29) is 10.8 Å². The summed E-state index contributed by atoms with van der Waals surface area (Å²) in [6.45, 7) is 1.80. The van der Waals surface area contributed by atoms with E-state index in [0.29, 0.717) is 12.1 Å². The first kappa shape index (κ1) is 15.6. The van der Waals surface area contributed by atoms with Gasteiger partial charge in [0.15, 0.2) is 0 Å². The number of nitrogens with two attached hydrogens (primary N) is 1. The molecular formula is C12H19N3O3S. The number of anilines is 1. The van der Waals surface area contributed by atoms with Gasteiger partial charge in [0.25, 0.3) is 0 Å². The van der Waals surface area contributed by atoms with Crippen LogP contribution in [0.4, 0.5) is 5.69 Å². The fraction of sp³-hybridized carbons (Fsp3) is 0.417. The third kappa shape index (κ3) is 3.76. The van der Waals surface area contributed by atoms with E-state index >= 15 is 0 Å². The molecule has 1 amide bonds. The van der Waals surface area contributed by atoms with Gasteiger partial charge in [-0.1, -0.05) is 13.0 Å². The van der Waals surface area contributed by atoms with Crippen molar-refractivity contribution in [2.24, 2.45) is 5.73 Å². The number of amides is 1. The maximum absolute atomic E-state index is 11.9. The number of rotatable bonds is 5. The van der Waals surface area contributed by atoms with E-state index < -0.39 is 16.1 Å². The molecule has 19 heavy (non-hydrogen) atoms. The molecule has 0 aromatic heterocycles. The lowest BCUT2D eigenvalue weighted by molar-refractivity contribution is -0.117. The van der Waals surface area contributed by atoms with Crippen LogP contribution in [0.5, 0.6) is 0 Å². The fourth-order valence-corrected chi connectivity index (χ4v) is 2.31. The van der Waals surface area contributed by atoms with Gasteiger partial charge < -0.3 is 11.1 Å². The predicted octanol–water partition coefficient (Wildman–Crippen LogP) is 0.613. The van der Waals surface area contributed by atoms with E-state index in [2.05, 4.69) is 5.32 Å². The number of hydrogen-bond acceptors (Lipinski definition) is 4. The number of sulfonamides is 1. The topological polar surface area (TPSA) is 92.5 Å². The lowest BCUT2D eigenvalue weighted by Gasteiger charge is -2.14. The molecule has 0 unspecified atom stereocenters. The number of nitrogens with one attached hydrogen (secondary N) is 1. The first-order valence-corrected chi connectivity index (χ1v) is 7.32. The molecule has 7 heteroatoms. The highest BCUT2D eigenvalue weighted by Crippen LogP contribution is 2.18. The average molecular weight is 285 g/mol. The van der Waals surface area contributed by atoms with E-state index in [1.165, 1.54) is 26.2 Å². The number of carbonyl (C=O) groups is 1. The summed E-state index contributed by atoms with van der Waals surface area (Å²) in [5, 5.41) is 2.60. The smallest absolute Gasteiger partial charge is 0.242 e. The molecule has 3 N–H and O–H groups in total. The third-order valence-corrected chi connectivity index (χ3v) is 4.47. The lowest BCUT2D eigenvalue weighted by Crippen LogP contribution is -2.34. The molecular weight excluding hydrogens is 266 g/mol. The van der Waals surface area contributed by atoms with Gasteiger partial charge >= 0.3 is 0 Å². The van der Waals surface area contributed by atoms with Crippen LogP contribution >= 0.6 is 0 Å². The Morgan fingerprint density at radius 2 is 2.05 bits per heavy atom. The van der Waals surface area contributed by atoms with Crippen LogP contribution in [0.3, 0.4) is 0 Å². The summed E-state index contributed by atoms with van der Waals surface area (Å²) in [4.78, 5) is 11.8. The van der Waals surface area contributed by atoms with E-state index in [0.717, 1.165) is 4.31 Å². The van der Waals surface area contributed by atoms with E-state index in [1.54, 1.807) is 19.1 Å².